The third-order valence-corrected chi connectivity index (χ3v) is 2.63. The number of nitrogens with zero attached hydrogens (tertiary/aromatic N) is 1. The van der Waals surface area contributed by atoms with E-state index in [0.717, 1.165) is 12.0 Å². The molecule has 6 nitrogen and oxygen atoms in total. The first-order valence-electron chi connectivity index (χ1n) is 6.13. The molecule has 0 bridgehead atoms. The predicted octanol–water partition coefficient (Wildman–Crippen LogP) is 1.08. The summed E-state index contributed by atoms with van der Waals surface area (Å²) in [4.78, 5) is 28.0. The lowest BCUT2D eigenvalue weighted by Crippen LogP contribution is -2.38. The number of carbonyl (C=O) groups excluding carboxylic acids is 2. The van der Waals surface area contributed by atoms with Gasteiger partial charge in [-0.2, -0.15) is 0 Å². The van der Waals surface area contributed by atoms with E-state index in [0.29, 0.717) is 13.2 Å². The van der Waals surface area contributed by atoms with Crippen molar-refractivity contribution < 1.29 is 19.2 Å². The van der Waals surface area contributed by atoms with Crippen molar-refractivity contribution >= 4 is 12.0 Å². The summed E-state index contributed by atoms with van der Waals surface area (Å²) >= 11 is 0. The fraction of sp³-hybridized carbons (Fsp3) is 0.385. The summed E-state index contributed by atoms with van der Waals surface area (Å²) < 4.78 is 4.98. The average molecular weight is 264 g/mol. The van der Waals surface area contributed by atoms with Crippen LogP contribution in [0.25, 0.3) is 0 Å². The first-order valence-corrected chi connectivity index (χ1v) is 6.13. The van der Waals surface area contributed by atoms with Crippen molar-refractivity contribution in [1.29, 1.82) is 0 Å². The van der Waals surface area contributed by atoms with E-state index in [9.17, 15) is 9.59 Å². The van der Waals surface area contributed by atoms with E-state index in [2.05, 4.69) is 5.32 Å². The van der Waals surface area contributed by atoms with E-state index >= 15 is 0 Å². The molecular weight excluding hydrogens is 248 g/mol. The minimum Gasteiger partial charge on any atom is -0.445 e. The Hall–Kier alpha value is -2.08. The van der Waals surface area contributed by atoms with Gasteiger partial charge in [0.15, 0.2) is 0 Å². The van der Waals surface area contributed by atoms with E-state index in [1.54, 1.807) is 0 Å². The minimum absolute atomic E-state index is 0.117. The Balaban J connectivity index is 1.65. The molecule has 0 saturated carbocycles. The topological polar surface area (TPSA) is 67.9 Å². The molecule has 6 heteroatoms. The number of nitrogens with one attached hydrogen (secondary N) is 1. The van der Waals surface area contributed by atoms with Crippen LogP contribution in [0.2, 0.25) is 0 Å². The van der Waals surface area contributed by atoms with Crippen molar-refractivity contribution in [3.05, 3.63) is 35.9 Å². The summed E-state index contributed by atoms with van der Waals surface area (Å²) in [5.41, 5.74) is 0.895. The Morgan fingerprint density at radius 2 is 2.11 bits per heavy atom. The highest BCUT2D eigenvalue weighted by atomic mass is 16.7. The van der Waals surface area contributed by atoms with Crippen LogP contribution in [-0.2, 0) is 21.0 Å². The maximum atomic E-state index is 11.6. The van der Waals surface area contributed by atoms with Crippen LogP contribution in [0, 0.1) is 0 Å². The lowest BCUT2D eigenvalue weighted by atomic mass is 10.2. The molecule has 0 aromatic heterocycles. The second-order valence-electron chi connectivity index (χ2n) is 4.10. The van der Waals surface area contributed by atoms with Gasteiger partial charge in [0, 0.05) is 0 Å². The Kier molecular flexibility index (Phi) is 4.74. The van der Waals surface area contributed by atoms with Gasteiger partial charge in [0.25, 0.3) is 5.91 Å². The minimum atomic E-state index is -0.614. The normalized spacial score (nSPS) is 14.2. The van der Waals surface area contributed by atoms with Crippen LogP contribution in [-0.4, -0.2) is 36.8 Å². The van der Waals surface area contributed by atoms with E-state index in [1.807, 2.05) is 30.3 Å². The number of benzene rings is 1. The molecule has 1 aromatic carbocycles. The number of amides is 2. The smallest absolute Gasteiger partial charge is 0.407 e. The molecule has 0 radical (unpaired) electrons. The zero-order valence-electron chi connectivity index (χ0n) is 10.5. The second kappa shape index (κ2) is 6.75. The average Bonchev–Trinajstić information content (AvgIpc) is 2.98. The van der Waals surface area contributed by atoms with Crippen LogP contribution in [0.15, 0.2) is 30.3 Å². The second-order valence-corrected chi connectivity index (χ2v) is 4.10. The van der Waals surface area contributed by atoms with Crippen molar-refractivity contribution in [3.63, 3.8) is 0 Å². The van der Waals surface area contributed by atoms with Crippen LogP contribution in [0.5, 0.6) is 0 Å². The molecule has 0 aliphatic carbocycles. The SMILES string of the molecule is O=C(NCC(=O)N1CCCO1)OCc1ccccc1. The van der Waals surface area contributed by atoms with Gasteiger partial charge < -0.3 is 10.1 Å². The molecule has 1 heterocycles. The number of hydrogen-bond donors (Lipinski definition) is 1. The molecule has 0 spiro atoms. The summed E-state index contributed by atoms with van der Waals surface area (Å²) in [5.74, 6) is -0.269. The van der Waals surface area contributed by atoms with Crippen molar-refractivity contribution in [2.24, 2.45) is 0 Å². The Bertz CT molecular complexity index is 430. The maximum absolute atomic E-state index is 11.6. The highest BCUT2D eigenvalue weighted by Crippen LogP contribution is 2.04. The number of hydroxylamine groups is 2. The molecule has 0 atom stereocenters. The van der Waals surface area contributed by atoms with Gasteiger partial charge in [-0.3, -0.25) is 9.63 Å². The molecule has 102 valence electrons. The molecule has 2 amide bonds. The van der Waals surface area contributed by atoms with Crippen molar-refractivity contribution in [2.45, 2.75) is 13.0 Å². The fourth-order valence-electron chi connectivity index (χ4n) is 1.65. The first-order chi connectivity index (χ1) is 9.25. The van der Waals surface area contributed by atoms with E-state index < -0.39 is 6.09 Å². The van der Waals surface area contributed by atoms with Gasteiger partial charge in [-0.15, -0.1) is 0 Å². The quantitative estimate of drug-likeness (QED) is 0.883. The van der Waals surface area contributed by atoms with Gasteiger partial charge in [-0.05, 0) is 12.0 Å². The van der Waals surface area contributed by atoms with Crippen molar-refractivity contribution in [1.82, 2.24) is 10.4 Å². The van der Waals surface area contributed by atoms with Crippen LogP contribution in [0.3, 0.4) is 0 Å². The maximum Gasteiger partial charge on any atom is 0.407 e. The largest absolute Gasteiger partial charge is 0.445 e. The Morgan fingerprint density at radius 3 is 2.79 bits per heavy atom. The van der Waals surface area contributed by atoms with Gasteiger partial charge in [-0.1, -0.05) is 30.3 Å². The van der Waals surface area contributed by atoms with Gasteiger partial charge in [0.1, 0.15) is 13.2 Å². The van der Waals surface area contributed by atoms with Crippen molar-refractivity contribution in [2.75, 3.05) is 19.7 Å². The molecule has 1 N–H and O–H groups in total. The van der Waals surface area contributed by atoms with Crippen molar-refractivity contribution in [3.8, 4) is 0 Å². The van der Waals surface area contributed by atoms with Crippen LogP contribution in [0.4, 0.5) is 4.79 Å². The number of rotatable bonds is 4. The van der Waals surface area contributed by atoms with E-state index in [-0.39, 0.29) is 19.1 Å². The summed E-state index contributed by atoms with van der Waals surface area (Å²) in [7, 11) is 0. The molecule has 1 aliphatic rings. The number of carbonyl (C=O) groups is 2. The molecule has 19 heavy (non-hydrogen) atoms. The summed E-state index contributed by atoms with van der Waals surface area (Å²) in [6, 6.07) is 9.33. The van der Waals surface area contributed by atoms with Gasteiger partial charge in [0.2, 0.25) is 0 Å². The molecular formula is C13H16N2O4. The van der Waals surface area contributed by atoms with Gasteiger partial charge in [-0.25, -0.2) is 9.86 Å². The summed E-state index contributed by atoms with van der Waals surface area (Å²) in [6.45, 7) is 1.18. The third kappa shape index (κ3) is 4.26. The number of hydrogen-bond acceptors (Lipinski definition) is 4. The lowest BCUT2D eigenvalue weighted by Gasteiger charge is -2.14. The number of alkyl carbamates (subject to hydrolysis) is 1. The van der Waals surface area contributed by atoms with Crippen LogP contribution < -0.4 is 5.32 Å². The fourth-order valence-corrected chi connectivity index (χ4v) is 1.65. The molecule has 1 aliphatic heterocycles. The monoisotopic (exact) mass is 264 g/mol. The Labute approximate surface area is 111 Å². The molecule has 1 saturated heterocycles. The first kappa shape index (κ1) is 13.4. The molecule has 1 fully saturated rings. The van der Waals surface area contributed by atoms with Gasteiger partial charge >= 0.3 is 6.09 Å². The summed E-state index contributed by atoms with van der Waals surface area (Å²) in [6.07, 6.45) is 0.209. The zero-order chi connectivity index (χ0) is 13.5. The lowest BCUT2D eigenvalue weighted by molar-refractivity contribution is -0.167. The molecule has 0 unspecified atom stereocenters. The zero-order valence-corrected chi connectivity index (χ0v) is 10.5. The van der Waals surface area contributed by atoms with Crippen LogP contribution >= 0.6 is 0 Å². The predicted molar refractivity (Wildman–Crippen MR) is 66.9 cm³/mol. The van der Waals surface area contributed by atoms with Crippen LogP contribution in [0.1, 0.15) is 12.0 Å². The standard InChI is InChI=1S/C13H16N2O4/c16-12(15-7-4-8-19-15)9-14-13(17)18-10-11-5-2-1-3-6-11/h1-3,5-6H,4,7-10H2,(H,14,17). The number of ether oxygens (including phenoxy) is 1. The third-order valence-electron chi connectivity index (χ3n) is 2.63. The summed E-state index contributed by atoms with van der Waals surface area (Å²) in [5, 5.41) is 3.66. The highest BCUT2D eigenvalue weighted by molar-refractivity contribution is 5.81. The van der Waals surface area contributed by atoms with Gasteiger partial charge in [0.05, 0.1) is 13.2 Å². The highest BCUT2D eigenvalue weighted by Gasteiger charge is 2.19. The molecule has 1 aromatic rings. The Morgan fingerprint density at radius 1 is 1.32 bits per heavy atom. The van der Waals surface area contributed by atoms with E-state index in [4.69, 9.17) is 9.57 Å². The van der Waals surface area contributed by atoms with E-state index in [1.165, 1.54) is 5.06 Å². The molecule has 2 rings (SSSR count).